The van der Waals surface area contributed by atoms with Crippen LogP contribution in [0.15, 0.2) is 53.1 Å². The van der Waals surface area contributed by atoms with Crippen molar-refractivity contribution in [3.63, 3.8) is 0 Å². The van der Waals surface area contributed by atoms with Crippen LogP contribution < -0.4 is 5.32 Å². The summed E-state index contributed by atoms with van der Waals surface area (Å²) >= 11 is 6.16. The van der Waals surface area contributed by atoms with E-state index in [1.54, 1.807) is 6.07 Å². The molecule has 0 bridgehead atoms. The van der Waals surface area contributed by atoms with Crippen molar-refractivity contribution in [2.24, 2.45) is 0 Å². The predicted molar refractivity (Wildman–Crippen MR) is 111 cm³/mol. The number of benzene rings is 2. The Morgan fingerprint density at radius 3 is 2.59 bits per heavy atom. The van der Waals surface area contributed by atoms with Crippen LogP contribution in [-0.2, 0) is 13.1 Å². The summed E-state index contributed by atoms with van der Waals surface area (Å²) in [6, 6.07) is 15.0. The summed E-state index contributed by atoms with van der Waals surface area (Å²) in [5, 5.41) is 7.30. The zero-order valence-electron chi connectivity index (χ0n) is 16.1. The highest BCUT2D eigenvalue weighted by Gasteiger charge is 2.14. The largest absolute Gasteiger partial charge is 0.343 e. The minimum absolute atomic E-state index is 0.159. The maximum absolute atomic E-state index is 12.4. The van der Waals surface area contributed by atoms with Gasteiger partial charge in [0, 0.05) is 17.7 Å². The van der Waals surface area contributed by atoms with Gasteiger partial charge >= 0.3 is 0 Å². The van der Waals surface area contributed by atoms with E-state index in [0.717, 1.165) is 19.6 Å². The number of rotatable bonds is 6. The van der Waals surface area contributed by atoms with E-state index in [1.165, 1.54) is 24.8 Å². The van der Waals surface area contributed by atoms with Gasteiger partial charge in [0.15, 0.2) is 0 Å². The van der Waals surface area contributed by atoms with Gasteiger partial charge in [-0.05, 0) is 55.8 Å². The van der Waals surface area contributed by atoms with Crippen LogP contribution in [-0.4, -0.2) is 34.0 Å². The minimum Gasteiger partial charge on any atom is -0.343 e. The fourth-order valence-electron chi connectivity index (χ4n) is 3.47. The summed E-state index contributed by atoms with van der Waals surface area (Å²) in [6.45, 7) is 3.41. The first-order valence-corrected chi connectivity index (χ1v) is 10.2. The van der Waals surface area contributed by atoms with Gasteiger partial charge in [-0.3, -0.25) is 9.69 Å². The second-order valence-corrected chi connectivity index (χ2v) is 7.62. The molecule has 1 aliphatic rings. The first-order chi connectivity index (χ1) is 14.2. The molecule has 1 fully saturated rings. The van der Waals surface area contributed by atoms with Crippen LogP contribution in [0.4, 0.5) is 0 Å². The molecular weight excluding hydrogens is 388 g/mol. The average Bonchev–Trinajstić information content (AvgIpc) is 3.22. The predicted octanol–water partition coefficient (Wildman–Crippen LogP) is 4.31. The van der Waals surface area contributed by atoms with Gasteiger partial charge in [0.1, 0.15) is 0 Å². The molecule has 2 aromatic carbocycles. The van der Waals surface area contributed by atoms with Crippen LogP contribution in [0.2, 0.25) is 5.02 Å². The van der Waals surface area contributed by atoms with E-state index in [2.05, 4.69) is 20.4 Å². The normalized spacial score (nSPS) is 14.7. The lowest BCUT2D eigenvalue weighted by molar-refractivity contribution is 0.0946. The van der Waals surface area contributed by atoms with Crippen LogP contribution in [0.5, 0.6) is 0 Å². The van der Waals surface area contributed by atoms with Gasteiger partial charge in [-0.2, -0.15) is 4.98 Å². The Hall–Kier alpha value is -2.70. The number of nitrogens with one attached hydrogen (secondary N) is 1. The first kappa shape index (κ1) is 19.6. The summed E-state index contributed by atoms with van der Waals surface area (Å²) < 4.78 is 5.22. The zero-order valence-corrected chi connectivity index (χ0v) is 16.9. The van der Waals surface area contributed by atoms with Crippen LogP contribution in [0.1, 0.15) is 41.1 Å². The number of piperidine rings is 1. The number of nitrogens with zero attached hydrogens (tertiary/aromatic N) is 3. The molecule has 1 aliphatic heterocycles. The molecule has 0 atom stereocenters. The Morgan fingerprint density at radius 1 is 1.07 bits per heavy atom. The number of carbonyl (C=O) groups excluding carboxylic acids is 1. The molecule has 0 spiro atoms. The number of aromatic nitrogens is 2. The molecule has 0 radical (unpaired) electrons. The summed E-state index contributed by atoms with van der Waals surface area (Å²) in [5.41, 5.74) is 2.53. The smallest absolute Gasteiger partial charge is 0.251 e. The van der Waals surface area contributed by atoms with Gasteiger partial charge in [0.25, 0.3) is 5.91 Å². The third-order valence-electron chi connectivity index (χ3n) is 5.05. The van der Waals surface area contributed by atoms with Crippen molar-refractivity contribution in [3.8, 4) is 11.4 Å². The van der Waals surface area contributed by atoms with Crippen LogP contribution in [0.3, 0.4) is 0 Å². The number of hydrogen-bond donors (Lipinski definition) is 1. The lowest BCUT2D eigenvalue weighted by atomic mass is 10.1. The van der Waals surface area contributed by atoms with Gasteiger partial charge in [-0.25, -0.2) is 0 Å². The number of amides is 1. The molecule has 1 aromatic heterocycles. The molecule has 7 heteroatoms. The average molecular weight is 411 g/mol. The van der Waals surface area contributed by atoms with Crippen molar-refractivity contribution < 1.29 is 9.32 Å². The zero-order chi connectivity index (χ0) is 20.1. The van der Waals surface area contributed by atoms with Gasteiger partial charge in [0.05, 0.1) is 11.6 Å². The van der Waals surface area contributed by atoms with Gasteiger partial charge in [-0.15, -0.1) is 0 Å². The molecule has 0 aliphatic carbocycles. The van der Waals surface area contributed by atoms with Gasteiger partial charge in [-0.1, -0.05) is 47.4 Å². The lowest BCUT2D eigenvalue weighted by Gasteiger charge is -2.26. The number of hydrogen-bond acceptors (Lipinski definition) is 5. The van der Waals surface area contributed by atoms with Crippen LogP contribution in [0, 0.1) is 0 Å². The second-order valence-electron chi connectivity index (χ2n) is 7.21. The maximum atomic E-state index is 12.4. The summed E-state index contributed by atoms with van der Waals surface area (Å²) in [7, 11) is 0. The van der Waals surface area contributed by atoms with Crippen molar-refractivity contribution >= 4 is 17.5 Å². The molecule has 1 saturated heterocycles. The third kappa shape index (κ3) is 5.02. The number of halogens is 1. The van der Waals surface area contributed by atoms with Crippen molar-refractivity contribution in [2.75, 3.05) is 13.1 Å². The topological polar surface area (TPSA) is 71.3 Å². The highest BCUT2D eigenvalue weighted by Crippen LogP contribution is 2.24. The van der Waals surface area contributed by atoms with E-state index in [0.29, 0.717) is 27.9 Å². The molecule has 0 unspecified atom stereocenters. The molecule has 1 N–H and O–H groups in total. The SMILES string of the molecule is O=C(NCc1nc(-c2ccccc2Cl)no1)c1ccc(CN2CCCCC2)cc1. The molecule has 2 heterocycles. The standard InChI is InChI=1S/C22H23ClN4O2/c23-19-7-3-2-6-18(19)21-25-20(29-26-21)14-24-22(28)17-10-8-16(9-11-17)15-27-12-4-1-5-13-27/h2-3,6-11H,1,4-5,12-15H2,(H,24,28). The molecule has 6 nitrogen and oxygen atoms in total. The maximum Gasteiger partial charge on any atom is 0.251 e. The Balaban J connectivity index is 1.32. The fraction of sp³-hybridized carbons (Fsp3) is 0.318. The van der Waals surface area contributed by atoms with E-state index in [1.807, 2.05) is 42.5 Å². The quantitative estimate of drug-likeness (QED) is 0.655. The monoisotopic (exact) mass is 410 g/mol. The van der Waals surface area contributed by atoms with E-state index >= 15 is 0 Å². The Morgan fingerprint density at radius 2 is 1.83 bits per heavy atom. The highest BCUT2D eigenvalue weighted by molar-refractivity contribution is 6.33. The van der Waals surface area contributed by atoms with Crippen molar-refractivity contribution in [2.45, 2.75) is 32.4 Å². The molecule has 1 amide bonds. The number of likely N-dealkylation sites (tertiary alicyclic amines) is 1. The summed E-state index contributed by atoms with van der Waals surface area (Å²) in [6.07, 6.45) is 3.87. The Kier molecular flexibility index (Phi) is 6.22. The van der Waals surface area contributed by atoms with Crippen molar-refractivity contribution in [3.05, 3.63) is 70.6 Å². The van der Waals surface area contributed by atoms with E-state index < -0.39 is 0 Å². The molecule has 0 saturated carbocycles. The molecule has 3 aromatic rings. The molecular formula is C22H23ClN4O2. The van der Waals surface area contributed by atoms with Crippen LogP contribution in [0.25, 0.3) is 11.4 Å². The van der Waals surface area contributed by atoms with E-state index in [4.69, 9.17) is 16.1 Å². The van der Waals surface area contributed by atoms with Crippen molar-refractivity contribution in [1.29, 1.82) is 0 Å². The van der Waals surface area contributed by atoms with Gasteiger partial charge < -0.3 is 9.84 Å². The highest BCUT2D eigenvalue weighted by atomic mass is 35.5. The van der Waals surface area contributed by atoms with Crippen LogP contribution >= 0.6 is 11.6 Å². The van der Waals surface area contributed by atoms with Gasteiger partial charge in [0.2, 0.25) is 11.7 Å². The molecule has 29 heavy (non-hydrogen) atoms. The number of carbonyl (C=O) groups is 1. The second kappa shape index (κ2) is 9.20. The Bertz CT molecular complexity index is 965. The Labute approximate surface area is 174 Å². The summed E-state index contributed by atoms with van der Waals surface area (Å²) in [5.74, 6) is 0.559. The van der Waals surface area contributed by atoms with E-state index in [-0.39, 0.29) is 12.5 Å². The molecule has 150 valence electrons. The third-order valence-corrected chi connectivity index (χ3v) is 5.38. The first-order valence-electron chi connectivity index (χ1n) is 9.86. The lowest BCUT2D eigenvalue weighted by Crippen LogP contribution is -2.29. The summed E-state index contributed by atoms with van der Waals surface area (Å²) in [4.78, 5) is 19.2. The fourth-order valence-corrected chi connectivity index (χ4v) is 3.69. The molecule has 4 rings (SSSR count). The van der Waals surface area contributed by atoms with Crippen molar-refractivity contribution in [1.82, 2.24) is 20.4 Å². The van der Waals surface area contributed by atoms with E-state index in [9.17, 15) is 4.79 Å². The minimum atomic E-state index is -0.174.